The first-order valence-corrected chi connectivity index (χ1v) is 9.27. The fourth-order valence-corrected chi connectivity index (χ4v) is 3.15. The van der Waals surface area contributed by atoms with Gasteiger partial charge < -0.3 is 0 Å². The zero-order chi connectivity index (χ0) is 29.4. The van der Waals surface area contributed by atoms with E-state index in [0.717, 1.165) is 5.32 Å². The van der Waals surface area contributed by atoms with Gasteiger partial charge in [0.1, 0.15) is 0 Å². The summed E-state index contributed by atoms with van der Waals surface area (Å²) in [5.74, 6) is -56.1. The molecule has 1 heterocycles. The Balaban J connectivity index is 3.64. The molecule has 6 nitrogen and oxygen atoms in total. The second-order valence-electron chi connectivity index (χ2n) is 6.62. The number of carbonyl (C=O) groups is 2. The van der Waals surface area contributed by atoms with Crippen LogP contribution >= 0.6 is 0 Å². The SMILES string of the molecule is O=C1CC(OS(=O)(=O)C(F)(F)C(F)(F)C(F)(F)C(F)(F)C(F)(F)C(F)(F)C(F)(F)C(F)(F)F)C(=O)N1. The summed E-state index contributed by atoms with van der Waals surface area (Å²) in [4.78, 5) is 21.8. The van der Waals surface area contributed by atoms with Crippen molar-refractivity contribution in [2.45, 2.75) is 59.5 Å². The summed E-state index contributed by atoms with van der Waals surface area (Å²) in [5, 5.41) is -6.84. The van der Waals surface area contributed by atoms with Crippen molar-refractivity contribution in [1.82, 2.24) is 5.32 Å². The van der Waals surface area contributed by atoms with Gasteiger partial charge in [0.05, 0.1) is 6.42 Å². The number of nitrogens with one attached hydrogen (secondary N) is 1. The van der Waals surface area contributed by atoms with Crippen LogP contribution in [0.1, 0.15) is 6.42 Å². The smallest absolute Gasteiger partial charge is 0.294 e. The lowest BCUT2D eigenvalue weighted by Gasteiger charge is -2.42. The van der Waals surface area contributed by atoms with Crippen LogP contribution in [0.4, 0.5) is 74.6 Å². The van der Waals surface area contributed by atoms with Gasteiger partial charge in [-0.2, -0.15) is 83.1 Å². The second kappa shape index (κ2) is 8.18. The highest BCUT2D eigenvalue weighted by molar-refractivity contribution is 7.87. The lowest BCUT2D eigenvalue weighted by molar-refractivity contribution is -0.458. The monoisotopic (exact) mass is 597 g/mol. The number of rotatable bonds is 9. The van der Waals surface area contributed by atoms with Gasteiger partial charge in [-0.15, -0.1) is 0 Å². The van der Waals surface area contributed by atoms with Gasteiger partial charge in [-0.1, -0.05) is 0 Å². The average Bonchev–Trinajstić information content (AvgIpc) is 2.95. The summed E-state index contributed by atoms with van der Waals surface area (Å²) in [6.45, 7) is 0. The molecule has 36 heavy (non-hydrogen) atoms. The van der Waals surface area contributed by atoms with Crippen LogP contribution in [-0.4, -0.2) is 73.3 Å². The van der Waals surface area contributed by atoms with Crippen molar-refractivity contribution < 1.29 is 96.8 Å². The fraction of sp³-hybridized carbons (Fsp3) is 0.833. The molecule has 2 amide bonds. The van der Waals surface area contributed by atoms with E-state index in [1.54, 1.807) is 0 Å². The van der Waals surface area contributed by atoms with Gasteiger partial charge in [-0.25, -0.2) is 0 Å². The summed E-state index contributed by atoms with van der Waals surface area (Å²) < 4.78 is 249. The van der Waals surface area contributed by atoms with Crippen molar-refractivity contribution >= 4 is 21.9 Å². The molecular formula is C12H4F17NO5S. The first-order valence-electron chi connectivity index (χ1n) is 7.86. The van der Waals surface area contributed by atoms with Crippen LogP contribution in [0.5, 0.6) is 0 Å². The average molecular weight is 597 g/mol. The van der Waals surface area contributed by atoms with Gasteiger partial charge in [-0.05, 0) is 0 Å². The number of imide groups is 1. The van der Waals surface area contributed by atoms with Crippen molar-refractivity contribution in [3.8, 4) is 0 Å². The van der Waals surface area contributed by atoms with E-state index in [4.69, 9.17) is 0 Å². The Hall–Kier alpha value is -2.14. The molecule has 0 aromatic carbocycles. The number of amides is 2. The van der Waals surface area contributed by atoms with Crippen LogP contribution < -0.4 is 5.32 Å². The topological polar surface area (TPSA) is 89.5 Å². The fourth-order valence-electron chi connectivity index (χ4n) is 2.13. The second-order valence-corrected chi connectivity index (χ2v) is 8.23. The predicted octanol–water partition coefficient (Wildman–Crippen LogP) is 3.71. The normalized spacial score (nSPS) is 20.1. The molecule has 0 spiro atoms. The van der Waals surface area contributed by atoms with Crippen LogP contribution in [0.2, 0.25) is 0 Å². The van der Waals surface area contributed by atoms with Gasteiger partial charge in [0.25, 0.3) is 5.91 Å². The third kappa shape index (κ3) is 4.02. The number of hydrogen-bond acceptors (Lipinski definition) is 5. The summed E-state index contributed by atoms with van der Waals surface area (Å²) >= 11 is 0. The number of hydrogen-bond donors (Lipinski definition) is 1. The molecule has 0 bridgehead atoms. The lowest BCUT2D eigenvalue weighted by Crippen LogP contribution is -2.75. The molecule has 0 aromatic rings. The highest BCUT2D eigenvalue weighted by Crippen LogP contribution is 2.64. The molecule has 1 rings (SSSR count). The van der Waals surface area contributed by atoms with Crippen LogP contribution in [-0.2, 0) is 23.9 Å². The maximum Gasteiger partial charge on any atom is 0.460 e. The Morgan fingerprint density at radius 1 is 0.611 bits per heavy atom. The summed E-state index contributed by atoms with van der Waals surface area (Å²) in [5.41, 5.74) is 0. The molecule has 1 fully saturated rings. The van der Waals surface area contributed by atoms with Crippen LogP contribution in [0, 0.1) is 0 Å². The standard InChI is InChI=1S/C12H4F17NO5S/c13-5(14,7(17,18)9(21,22)11(25,26)27)6(15,16)8(19,20)10(23,24)12(28,29)36(33,34)35-2-1-3(31)30-4(2)32/h2H,1H2,(H,30,31,32). The van der Waals surface area contributed by atoms with Crippen LogP contribution in [0.3, 0.4) is 0 Å². The van der Waals surface area contributed by atoms with Crippen molar-refractivity contribution in [2.75, 3.05) is 0 Å². The van der Waals surface area contributed by atoms with Crippen LogP contribution in [0.15, 0.2) is 0 Å². The molecule has 0 saturated carbocycles. The molecule has 24 heteroatoms. The van der Waals surface area contributed by atoms with Crippen molar-refractivity contribution in [1.29, 1.82) is 0 Å². The van der Waals surface area contributed by atoms with E-state index in [9.17, 15) is 92.6 Å². The summed E-state index contributed by atoms with van der Waals surface area (Å²) in [6.07, 6.45) is -12.6. The maximum absolute atomic E-state index is 13.7. The Labute approximate surface area is 184 Å². The van der Waals surface area contributed by atoms with Crippen LogP contribution in [0.25, 0.3) is 0 Å². The molecule has 0 aliphatic carbocycles. The summed E-state index contributed by atoms with van der Waals surface area (Å²) in [7, 11) is -7.90. The van der Waals surface area contributed by atoms with Crippen molar-refractivity contribution in [3.63, 3.8) is 0 Å². The zero-order valence-corrected chi connectivity index (χ0v) is 16.5. The van der Waals surface area contributed by atoms with Gasteiger partial charge in [0, 0.05) is 0 Å². The Morgan fingerprint density at radius 2 is 0.944 bits per heavy atom. The molecule has 0 radical (unpaired) electrons. The highest BCUT2D eigenvalue weighted by atomic mass is 32.2. The molecular weight excluding hydrogens is 593 g/mol. The highest BCUT2D eigenvalue weighted by Gasteiger charge is 2.96. The molecule has 212 valence electrons. The van der Waals surface area contributed by atoms with Gasteiger partial charge >= 0.3 is 57.1 Å². The largest absolute Gasteiger partial charge is 0.460 e. The van der Waals surface area contributed by atoms with E-state index >= 15 is 0 Å². The van der Waals surface area contributed by atoms with E-state index < -0.39 is 81.4 Å². The summed E-state index contributed by atoms with van der Waals surface area (Å²) in [6, 6.07) is 0. The van der Waals surface area contributed by atoms with Gasteiger partial charge in [-0.3, -0.25) is 19.1 Å². The Morgan fingerprint density at radius 3 is 1.25 bits per heavy atom. The van der Waals surface area contributed by atoms with E-state index in [-0.39, 0.29) is 0 Å². The number of carbonyl (C=O) groups excluding carboxylic acids is 2. The Bertz CT molecular complexity index is 1020. The molecule has 1 N–H and O–H groups in total. The zero-order valence-electron chi connectivity index (χ0n) is 15.7. The van der Waals surface area contributed by atoms with E-state index in [1.807, 2.05) is 0 Å². The number of halogens is 17. The van der Waals surface area contributed by atoms with Gasteiger partial charge in [0.15, 0.2) is 6.10 Å². The van der Waals surface area contributed by atoms with E-state index in [1.165, 1.54) is 0 Å². The molecule has 1 unspecified atom stereocenters. The third-order valence-electron chi connectivity index (χ3n) is 4.18. The van der Waals surface area contributed by atoms with E-state index in [0.29, 0.717) is 0 Å². The van der Waals surface area contributed by atoms with Crippen molar-refractivity contribution in [3.05, 3.63) is 0 Å². The Kier molecular flexibility index (Phi) is 7.25. The third-order valence-corrected chi connectivity index (χ3v) is 5.55. The molecule has 1 aliphatic heterocycles. The lowest BCUT2D eigenvalue weighted by atomic mass is 9.91. The molecule has 1 atom stereocenters. The number of alkyl halides is 17. The first kappa shape index (κ1) is 31.9. The van der Waals surface area contributed by atoms with Crippen molar-refractivity contribution in [2.24, 2.45) is 0 Å². The minimum atomic E-state index is -8.98. The quantitative estimate of drug-likeness (QED) is 0.249. The molecule has 0 aromatic heterocycles. The first-order chi connectivity index (χ1) is 15.4. The van der Waals surface area contributed by atoms with Gasteiger partial charge in [0.2, 0.25) is 5.91 Å². The molecule has 1 saturated heterocycles. The predicted molar refractivity (Wildman–Crippen MR) is 72.2 cm³/mol. The van der Waals surface area contributed by atoms with E-state index in [2.05, 4.69) is 4.18 Å². The maximum atomic E-state index is 13.7. The minimum absolute atomic E-state index is 1.08. The minimum Gasteiger partial charge on any atom is -0.294 e. The molecule has 1 aliphatic rings.